The Morgan fingerprint density at radius 1 is 1.80 bits per heavy atom. The van der Waals surface area contributed by atoms with Crippen LogP contribution in [0.1, 0.15) is 13.3 Å². The zero-order valence-corrected chi connectivity index (χ0v) is 5.92. The summed E-state index contributed by atoms with van der Waals surface area (Å²) in [5, 5.41) is 8.37. The molecule has 0 aromatic rings. The van der Waals surface area contributed by atoms with Crippen molar-refractivity contribution in [2.24, 2.45) is 0 Å². The average Bonchev–Trinajstić information content (AvgIpc) is 1.99. The first-order chi connectivity index (χ1) is 4.76. The van der Waals surface area contributed by atoms with Gasteiger partial charge in [-0.15, -0.1) is 0 Å². The van der Waals surface area contributed by atoms with Crippen molar-refractivity contribution in [3.8, 4) is 6.07 Å². The van der Waals surface area contributed by atoms with Crippen LogP contribution in [0.3, 0.4) is 0 Å². The zero-order chi connectivity index (χ0) is 7.98. The largest absolute Gasteiger partial charge is 0.289 e. The molecule has 0 saturated heterocycles. The van der Waals surface area contributed by atoms with E-state index >= 15 is 0 Å². The zero-order valence-electron chi connectivity index (χ0n) is 5.92. The smallest absolute Gasteiger partial charge is 0.195 e. The first kappa shape index (κ1) is 8.64. The highest BCUT2D eigenvalue weighted by Gasteiger charge is 2.00. The molecular formula is C8H9NO. The van der Waals surface area contributed by atoms with Gasteiger partial charge in [0.25, 0.3) is 0 Å². The van der Waals surface area contributed by atoms with E-state index in [9.17, 15) is 4.79 Å². The molecule has 0 rings (SSSR count). The second kappa shape index (κ2) is 4.51. The van der Waals surface area contributed by atoms with E-state index in [1.807, 2.05) is 6.92 Å². The van der Waals surface area contributed by atoms with Crippen molar-refractivity contribution in [1.82, 2.24) is 0 Å². The van der Waals surface area contributed by atoms with Gasteiger partial charge in [-0.2, -0.15) is 5.26 Å². The SMILES string of the molecule is C=CC(=O)/C(C#N)=C\CC. The Labute approximate surface area is 60.5 Å². The fraction of sp³-hybridized carbons (Fsp3) is 0.250. The molecule has 0 aliphatic carbocycles. The van der Waals surface area contributed by atoms with E-state index in [-0.39, 0.29) is 11.4 Å². The van der Waals surface area contributed by atoms with Gasteiger partial charge in [0, 0.05) is 0 Å². The van der Waals surface area contributed by atoms with E-state index < -0.39 is 0 Å². The molecule has 0 unspecified atom stereocenters. The molecule has 0 saturated carbocycles. The molecule has 0 spiro atoms. The summed E-state index contributed by atoms with van der Waals surface area (Å²) in [7, 11) is 0. The number of nitrogens with zero attached hydrogens (tertiary/aromatic N) is 1. The van der Waals surface area contributed by atoms with Gasteiger partial charge >= 0.3 is 0 Å². The van der Waals surface area contributed by atoms with Gasteiger partial charge in [-0.1, -0.05) is 19.6 Å². The van der Waals surface area contributed by atoms with Crippen molar-refractivity contribution in [1.29, 1.82) is 5.26 Å². The highest BCUT2D eigenvalue weighted by molar-refractivity contribution is 6.06. The minimum atomic E-state index is -0.302. The number of rotatable bonds is 3. The van der Waals surface area contributed by atoms with Crippen LogP contribution in [0, 0.1) is 11.3 Å². The highest BCUT2D eigenvalue weighted by atomic mass is 16.1. The van der Waals surface area contributed by atoms with Crippen LogP contribution in [0.5, 0.6) is 0 Å². The van der Waals surface area contributed by atoms with Gasteiger partial charge in [0.05, 0.1) is 5.57 Å². The lowest BCUT2D eigenvalue weighted by Crippen LogP contribution is -1.94. The molecule has 0 radical (unpaired) electrons. The Balaban J connectivity index is 4.39. The molecular weight excluding hydrogens is 126 g/mol. The average molecular weight is 135 g/mol. The Morgan fingerprint density at radius 3 is 2.70 bits per heavy atom. The quantitative estimate of drug-likeness (QED) is 0.435. The third-order valence-corrected chi connectivity index (χ3v) is 0.980. The lowest BCUT2D eigenvalue weighted by molar-refractivity contribution is -0.111. The van der Waals surface area contributed by atoms with Gasteiger partial charge in [0.2, 0.25) is 0 Å². The maximum atomic E-state index is 10.7. The van der Waals surface area contributed by atoms with Crippen LogP contribution in [-0.2, 0) is 4.79 Å². The molecule has 0 aromatic carbocycles. The predicted molar refractivity (Wildman–Crippen MR) is 39.2 cm³/mol. The molecule has 0 aliphatic rings. The van der Waals surface area contributed by atoms with E-state index in [0.717, 1.165) is 6.08 Å². The molecule has 0 aliphatic heterocycles. The Kier molecular flexibility index (Phi) is 3.90. The van der Waals surface area contributed by atoms with Crippen LogP contribution in [-0.4, -0.2) is 5.78 Å². The summed E-state index contributed by atoms with van der Waals surface area (Å²) >= 11 is 0. The standard InChI is InChI=1S/C8H9NO/c1-3-5-7(6-9)8(10)4-2/h4-5H,2-3H2,1H3/b7-5-. The molecule has 0 fully saturated rings. The van der Waals surface area contributed by atoms with Gasteiger partial charge in [-0.3, -0.25) is 4.79 Å². The van der Waals surface area contributed by atoms with Gasteiger partial charge in [-0.05, 0) is 12.5 Å². The summed E-state index contributed by atoms with van der Waals surface area (Å²) in [6.45, 7) is 5.14. The summed E-state index contributed by atoms with van der Waals surface area (Å²) in [6, 6.07) is 1.79. The lowest BCUT2D eigenvalue weighted by Gasteiger charge is -1.86. The Bertz CT molecular complexity index is 208. The van der Waals surface area contributed by atoms with E-state index in [4.69, 9.17) is 5.26 Å². The van der Waals surface area contributed by atoms with Crippen LogP contribution >= 0.6 is 0 Å². The second-order valence-corrected chi connectivity index (χ2v) is 1.71. The van der Waals surface area contributed by atoms with Crippen molar-refractivity contribution in [3.05, 3.63) is 24.3 Å². The number of hydrogen-bond donors (Lipinski definition) is 0. The van der Waals surface area contributed by atoms with Crippen LogP contribution in [0.2, 0.25) is 0 Å². The van der Waals surface area contributed by atoms with Crippen LogP contribution in [0.15, 0.2) is 24.3 Å². The fourth-order valence-electron chi connectivity index (χ4n) is 0.515. The monoisotopic (exact) mass is 135 g/mol. The van der Waals surface area contributed by atoms with E-state index in [1.54, 1.807) is 12.1 Å². The first-order valence-corrected chi connectivity index (χ1v) is 3.03. The molecule has 0 aromatic heterocycles. The van der Waals surface area contributed by atoms with Crippen molar-refractivity contribution in [3.63, 3.8) is 0 Å². The summed E-state index contributed by atoms with van der Waals surface area (Å²) in [6.07, 6.45) is 3.43. The van der Waals surface area contributed by atoms with E-state index in [2.05, 4.69) is 6.58 Å². The van der Waals surface area contributed by atoms with E-state index in [0.29, 0.717) is 6.42 Å². The van der Waals surface area contributed by atoms with Crippen LogP contribution in [0.25, 0.3) is 0 Å². The second-order valence-electron chi connectivity index (χ2n) is 1.71. The molecule has 2 heteroatoms. The Hall–Kier alpha value is -1.36. The number of allylic oxidation sites excluding steroid dienone is 3. The third kappa shape index (κ3) is 2.27. The number of carbonyl (C=O) groups excluding carboxylic acids is 1. The highest BCUT2D eigenvalue weighted by Crippen LogP contribution is 1.96. The molecule has 0 heterocycles. The molecule has 0 amide bonds. The maximum absolute atomic E-state index is 10.7. The van der Waals surface area contributed by atoms with Gasteiger partial charge in [0.15, 0.2) is 5.78 Å². The van der Waals surface area contributed by atoms with Crippen LogP contribution in [0.4, 0.5) is 0 Å². The summed E-state index contributed by atoms with van der Waals surface area (Å²) in [5.74, 6) is -0.302. The minimum absolute atomic E-state index is 0.178. The summed E-state index contributed by atoms with van der Waals surface area (Å²) in [5.41, 5.74) is 0.178. The first-order valence-electron chi connectivity index (χ1n) is 3.03. The maximum Gasteiger partial charge on any atom is 0.195 e. The summed E-state index contributed by atoms with van der Waals surface area (Å²) < 4.78 is 0. The molecule has 0 N–H and O–H groups in total. The van der Waals surface area contributed by atoms with Gasteiger partial charge in [0.1, 0.15) is 6.07 Å². The molecule has 52 valence electrons. The van der Waals surface area contributed by atoms with Crippen molar-refractivity contribution in [2.45, 2.75) is 13.3 Å². The Morgan fingerprint density at radius 2 is 2.40 bits per heavy atom. The molecule has 0 atom stereocenters. The van der Waals surface area contributed by atoms with E-state index in [1.165, 1.54) is 0 Å². The minimum Gasteiger partial charge on any atom is -0.289 e. The van der Waals surface area contributed by atoms with Crippen molar-refractivity contribution < 1.29 is 4.79 Å². The number of ketones is 1. The van der Waals surface area contributed by atoms with Crippen molar-refractivity contribution in [2.75, 3.05) is 0 Å². The molecule has 10 heavy (non-hydrogen) atoms. The van der Waals surface area contributed by atoms with Gasteiger partial charge in [-0.25, -0.2) is 0 Å². The molecule has 0 bridgehead atoms. The predicted octanol–water partition coefficient (Wildman–Crippen LogP) is 1.60. The topological polar surface area (TPSA) is 40.9 Å². The van der Waals surface area contributed by atoms with Crippen molar-refractivity contribution >= 4 is 5.78 Å². The number of nitriles is 1. The van der Waals surface area contributed by atoms with Gasteiger partial charge < -0.3 is 0 Å². The number of hydrogen-bond acceptors (Lipinski definition) is 2. The summed E-state index contributed by atoms with van der Waals surface area (Å²) in [4.78, 5) is 10.7. The van der Waals surface area contributed by atoms with Crippen LogP contribution < -0.4 is 0 Å². The number of carbonyl (C=O) groups is 1. The lowest BCUT2D eigenvalue weighted by atomic mass is 10.1. The third-order valence-electron chi connectivity index (χ3n) is 0.980. The fourth-order valence-corrected chi connectivity index (χ4v) is 0.515. The molecule has 2 nitrogen and oxygen atoms in total. The normalized spacial score (nSPS) is 10.2.